The predicted octanol–water partition coefficient (Wildman–Crippen LogP) is 0.471. The number of anilines is 1. The van der Waals surface area contributed by atoms with Crippen molar-refractivity contribution in [3.63, 3.8) is 0 Å². The van der Waals surface area contributed by atoms with E-state index in [1.165, 1.54) is 0 Å². The summed E-state index contributed by atoms with van der Waals surface area (Å²) in [6.07, 6.45) is 0.685. The van der Waals surface area contributed by atoms with E-state index in [1.807, 2.05) is 11.0 Å². The quantitative estimate of drug-likeness (QED) is 0.844. The maximum absolute atomic E-state index is 11.2. The molecule has 0 amide bonds. The fourth-order valence-electron chi connectivity index (χ4n) is 2.47. The summed E-state index contributed by atoms with van der Waals surface area (Å²) in [5.74, 6) is -0.169. The van der Waals surface area contributed by atoms with E-state index in [1.54, 1.807) is 23.9 Å². The summed E-state index contributed by atoms with van der Waals surface area (Å²) in [7, 11) is 1.79. The topological polar surface area (TPSA) is 84.1 Å². The Morgan fingerprint density at radius 3 is 2.95 bits per heavy atom. The smallest absolute Gasteiger partial charge is 0.335 e. The van der Waals surface area contributed by atoms with Crippen molar-refractivity contribution >= 4 is 11.9 Å². The number of hydrogen-bond donors (Lipinski definition) is 1. The SMILES string of the molecule is Cn1nnnc1N1CCc2c(cccc2C(=O)O)C1. The van der Waals surface area contributed by atoms with Crippen LogP contribution in [0.2, 0.25) is 0 Å². The van der Waals surface area contributed by atoms with E-state index in [0.717, 1.165) is 11.1 Å². The highest BCUT2D eigenvalue weighted by molar-refractivity contribution is 5.90. The highest BCUT2D eigenvalue weighted by atomic mass is 16.4. The van der Waals surface area contributed by atoms with E-state index in [9.17, 15) is 9.90 Å². The first kappa shape index (κ1) is 11.6. The fourth-order valence-corrected chi connectivity index (χ4v) is 2.47. The average Bonchev–Trinajstić information content (AvgIpc) is 2.83. The number of fused-ring (bicyclic) bond motifs is 1. The van der Waals surface area contributed by atoms with Crippen LogP contribution in [0.3, 0.4) is 0 Å². The zero-order chi connectivity index (χ0) is 13.4. The van der Waals surface area contributed by atoms with Crippen molar-refractivity contribution in [2.75, 3.05) is 11.4 Å². The van der Waals surface area contributed by atoms with Gasteiger partial charge in [0.1, 0.15) is 0 Å². The van der Waals surface area contributed by atoms with Crippen LogP contribution in [-0.4, -0.2) is 37.8 Å². The van der Waals surface area contributed by atoms with Gasteiger partial charge in [-0.3, -0.25) is 0 Å². The molecule has 0 bridgehead atoms. The molecule has 0 aliphatic carbocycles. The van der Waals surface area contributed by atoms with E-state index >= 15 is 0 Å². The summed E-state index contributed by atoms with van der Waals surface area (Å²) < 4.78 is 1.62. The lowest BCUT2D eigenvalue weighted by Crippen LogP contribution is -2.33. The second kappa shape index (κ2) is 4.34. The molecule has 1 aromatic heterocycles. The van der Waals surface area contributed by atoms with E-state index in [2.05, 4.69) is 15.5 Å². The third-order valence-electron chi connectivity index (χ3n) is 3.38. The largest absolute Gasteiger partial charge is 0.478 e. The van der Waals surface area contributed by atoms with Gasteiger partial charge >= 0.3 is 5.97 Å². The van der Waals surface area contributed by atoms with Crippen LogP contribution in [0.5, 0.6) is 0 Å². The van der Waals surface area contributed by atoms with Crippen molar-refractivity contribution in [2.24, 2.45) is 7.05 Å². The van der Waals surface area contributed by atoms with Gasteiger partial charge in [0.15, 0.2) is 0 Å². The molecule has 2 heterocycles. The molecule has 0 fully saturated rings. The third kappa shape index (κ3) is 1.92. The lowest BCUT2D eigenvalue weighted by molar-refractivity contribution is 0.0695. The summed E-state index contributed by atoms with van der Waals surface area (Å²) >= 11 is 0. The van der Waals surface area contributed by atoms with Crippen molar-refractivity contribution in [2.45, 2.75) is 13.0 Å². The van der Waals surface area contributed by atoms with Gasteiger partial charge in [0, 0.05) is 20.1 Å². The predicted molar refractivity (Wildman–Crippen MR) is 67.0 cm³/mol. The Labute approximate surface area is 109 Å². The number of aryl methyl sites for hydroxylation is 1. The Hall–Kier alpha value is -2.44. The molecule has 0 spiro atoms. The lowest BCUT2D eigenvalue weighted by atomic mass is 9.95. The molecular formula is C12H13N5O2. The number of tetrazole rings is 1. The number of aromatic nitrogens is 4. The van der Waals surface area contributed by atoms with Crippen molar-refractivity contribution < 1.29 is 9.90 Å². The Bertz CT molecular complexity index is 637. The summed E-state index contributed by atoms with van der Waals surface area (Å²) in [5, 5.41) is 20.6. The summed E-state index contributed by atoms with van der Waals surface area (Å²) in [6, 6.07) is 5.39. The minimum atomic E-state index is -0.870. The van der Waals surface area contributed by atoms with Gasteiger partial charge in [-0.05, 0) is 34.0 Å². The van der Waals surface area contributed by atoms with E-state index in [-0.39, 0.29) is 0 Å². The molecule has 0 atom stereocenters. The molecule has 1 aromatic carbocycles. The Morgan fingerprint density at radius 2 is 2.26 bits per heavy atom. The Morgan fingerprint density at radius 1 is 1.42 bits per heavy atom. The lowest BCUT2D eigenvalue weighted by Gasteiger charge is -2.29. The van der Waals surface area contributed by atoms with Gasteiger partial charge in [0.05, 0.1) is 5.56 Å². The minimum absolute atomic E-state index is 0.397. The second-order valence-electron chi connectivity index (χ2n) is 4.52. The number of benzene rings is 1. The Balaban J connectivity index is 1.95. The maximum Gasteiger partial charge on any atom is 0.335 e. The molecule has 0 saturated heterocycles. The molecule has 1 aliphatic heterocycles. The fraction of sp³-hybridized carbons (Fsp3) is 0.333. The van der Waals surface area contributed by atoms with E-state index in [4.69, 9.17) is 0 Å². The van der Waals surface area contributed by atoms with Gasteiger partial charge in [-0.15, -0.1) is 0 Å². The molecule has 0 unspecified atom stereocenters. The number of nitrogens with zero attached hydrogens (tertiary/aromatic N) is 5. The molecule has 0 saturated carbocycles. The van der Waals surface area contributed by atoms with Gasteiger partial charge in [0.2, 0.25) is 5.95 Å². The zero-order valence-corrected chi connectivity index (χ0v) is 10.4. The highest BCUT2D eigenvalue weighted by Gasteiger charge is 2.23. The normalized spacial score (nSPS) is 14.3. The van der Waals surface area contributed by atoms with Gasteiger partial charge in [-0.2, -0.15) is 0 Å². The number of aromatic carboxylic acids is 1. The number of carboxylic acids is 1. The first-order valence-corrected chi connectivity index (χ1v) is 5.98. The molecule has 7 nitrogen and oxygen atoms in total. The standard InChI is InChI=1S/C12H13N5O2/c1-16-12(13-14-15-16)17-6-5-9-8(7-17)3-2-4-10(9)11(18)19/h2-4H,5-7H2,1H3,(H,18,19). The molecule has 19 heavy (non-hydrogen) atoms. The highest BCUT2D eigenvalue weighted by Crippen LogP contribution is 2.24. The van der Waals surface area contributed by atoms with Crippen LogP contribution in [0.1, 0.15) is 21.5 Å². The van der Waals surface area contributed by atoms with Crippen LogP contribution in [0, 0.1) is 0 Å². The molecule has 0 radical (unpaired) electrons. The zero-order valence-electron chi connectivity index (χ0n) is 10.4. The first-order chi connectivity index (χ1) is 9.16. The molecule has 1 N–H and O–H groups in total. The van der Waals surface area contributed by atoms with Crippen LogP contribution in [0.15, 0.2) is 18.2 Å². The average molecular weight is 259 g/mol. The van der Waals surface area contributed by atoms with Gasteiger partial charge in [-0.25, -0.2) is 9.48 Å². The molecule has 7 heteroatoms. The van der Waals surface area contributed by atoms with Crippen molar-refractivity contribution in [1.29, 1.82) is 0 Å². The maximum atomic E-state index is 11.2. The van der Waals surface area contributed by atoms with Crippen molar-refractivity contribution in [3.05, 3.63) is 34.9 Å². The van der Waals surface area contributed by atoms with Crippen LogP contribution < -0.4 is 4.90 Å². The van der Waals surface area contributed by atoms with Gasteiger partial charge in [0.25, 0.3) is 0 Å². The molecule has 1 aliphatic rings. The Kier molecular flexibility index (Phi) is 2.66. The van der Waals surface area contributed by atoms with Crippen LogP contribution >= 0.6 is 0 Å². The molecule has 2 aromatic rings. The second-order valence-corrected chi connectivity index (χ2v) is 4.52. The van der Waals surface area contributed by atoms with Gasteiger partial charge < -0.3 is 10.0 Å². The monoisotopic (exact) mass is 259 g/mol. The van der Waals surface area contributed by atoms with Crippen LogP contribution in [-0.2, 0) is 20.0 Å². The van der Waals surface area contributed by atoms with Crippen molar-refractivity contribution in [3.8, 4) is 0 Å². The number of rotatable bonds is 2. The van der Waals surface area contributed by atoms with Crippen molar-refractivity contribution in [1.82, 2.24) is 20.2 Å². The molecule has 3 rings (SSSR count). The minimum Gasteiger partial charge on any atom is -0.478 e. The van der Waals surface area contributed by atoms with Crippen LogP contribution in [0.4, 0.5) is 5.95 Å². The first-order valence-electron chi connectivity index (χ1n) is 5.98. The summed E-state index contributed by atoms with van der Waals surface area (Å²) in [4.78, 5) is 13.2. The number of hydrogen-bond acceptors (Lipinski definition) is 5. The third-order valence-corrected chi connectivity index (χ3v) is 3.38. The summed E-state index contributed by atoms with van der Waals surface area (Å²) in [5.41, 5.74) is 2.34. The van der Waals surface area contributed by atoms with Gasteiger partial charge in [-0.1, -0.05) is 17.2 Å². The molecule has 98 valence electrons. The summed E-state index contributed by atoms with van der Waals surface area (Å²) in [6.45, 7) is 1.34. The molecular weight excluding hydrogens is 246 g/mol. The van der Waals surface area contributed by atoms with E-state index in [0.29, 0.717) is 31.0 Å². The van der Waals surface area contributed by atoms with E-state index < -0.39 is 5.97 Å². The van der Waals surface area contributed by atoms with Crippen LogP contribution in [0.25, 0.3) is 0 Å². The number of carbonyl (C=O) groups is 1. The number of carboxylic acid groups (broad SMARTS) is 1.